The molecule has 0 aliphatic carbocycles. The Kier molecular flexibility index (Phi) is 2.94. The topological polar surface area (TPSA) is 86.9 Å². The average Bonchev–Trinajstić information content (AvgIpc) is 2.54. The lowest BCUT2D eigenvalue weighted by Gasteiger charge is -2.27. The van der Waals surface area contributed by atoms with Crippen molar-refractivity contribution in [2.75, 3.05) is 5.73 Å². The molecule has 6 heteroatoms. The molecule has 1 aromatic heterocycles. The standard InChI is InChI=1S/C12H15ClN4O/c1-12(2,6-9(14)18)17-8-5-3-4-7(13)10(8)16-11(17)15/h3-5H,6H2,1-2H3,(H2,14,18)(H2,15,16). The van der Waals surface area contributed by atoms with E-state index in [-0.39, 0.29) is 12.3 Å². The number of halogens is 1. The van der Waals surface area contributed by atoms with Crippen LogP contribution in [0.5, 0.6) is 0 Å². The van der Waals surface area contributed by atoms with Crippen molar-refractivity contribution < 1.29 is 4.79 Å². The molecule has 1 heterocycles. The van der Waals surface area contributed by atoms with E-state index in [9.17, 15) is 4.79 Å². The zero-order chi connectivity index (χ0) is 13.5. The molecule has 0 radical (unpaired) electrons. The Morgan fingerprint density at radius 2 is 2.17 bits per heavy atom. The van der Waals surface area contributed by atoms with E-state index in [1.165, 1.54) is 0 Å². The van der Waals surface area contributed by atoms with Crippen LogP contribution >= 0.6 is 11.6 Å². The molecular weight excluding hydrogens is 252 g/mol. The number of hydrogen-bond acceptors (Lipinski definition) is 3. The van der Waals surface area contributed by atoms with Gasteiger partial charge in [-0.05, 0) is 26.0 Å². The van der Waals surface area contributed by atoms with Gasteiger partial charge in [-0.15, -0.1) is 0 Å². The molecule has 18 heavy (non-hydrogen) atoms. The van der Waals surface area contributed by atoms with Crippen molar-refractivity contribution >= 4 is 34.5 Å². The summed E-state index contributed by atoms with van der Waals surface area (Å²) in [5.41, 5.74) is 12.1. The lowest BCUT2D eigenvalue weighted by Crippen LogP contribution is -2.33. The number of rotatable bonds is 3. The monoisotopic (exact) mass is 266 g/mol. The van der Waals surface area contributed by atoms with E-state index in [0.717, 1.165) is 5.52 Å². The van der Waals surface area contributed by atoms with Crippen molar-refractivity contribution in [3.05, 3.63) is 23.2 Å². The molecule has 0 aliphatic heterocycles. The van der Waals surface area contributed by atoms with Gasteiger partial charge >= 0.3 is 0 Å². The highest BCUT2D eigenvalue weighted by Crippen LogP contribution is 2.32. The molecule has 1 amide bonds. The molecule has 96 valence electrons. The number of nitrogens with zero attached hydrogens (tertiary/aromatic N) is 2. The van der Waals surface area contributed by atoms with Gasteiger partial charge in [0.25, 0.3) is 0 Å². The van der Waals surface area contributed by atoms with Gasteiger partial charge in [-0.2, -0.15) is 0 Å². The van der Waals surface area contributed by atoms with Gasteiger partial charge in [-0.25, -0.2) is 4.98 Å². The van der Waals surface area contributed by atoms with Crippen LogP contribution < -0.4 is 11.5 Å². The summed E-state index contributed by atoms with van der Waals surface area (Å²) in [5, 5.41) is 0.535. The van der Waals surface area contributed by atoms with E-state index < -0.39 is 5.54 Å². The Bertz CT molecular complexity index is 618. The summed E-state index contributed by atoms with van der Waals surface area (Å²) in [6, 6.07) is 5.44. The fraction of sp³-hybridized carbons (Fsp3) is 0.333. The lowest BCUT2D eigenvalue weighted by molar-refractivity contribution is -0.119. The highest BCUT2D eigenvalue weighted by atomic mass is 35.5. The molecule has 0 atom stereocenters. The van der Waals surface area contributed by atoms with E-state index in [2.05, 4.69) is 4.98 Å². The zero-order valence-electron chi connectivity index (χ0n) is 10.3. The van der Waals surface area contributed by atoms with Gasteiger partial charge < -0.3 is 16.0 Å². The fourth-order valence-electron chi connectivity index (χ4n) is 2.22. The minimum Gasteiger partial charge on any atom is -0.370 e. The maximum atomic E-state index is 11.1. The van der Waals surface area contributed by atoms with Crippen molar-refractivity contribution in [3.8, 4) is 0 Å². The number of nitrogen functional groups attached to an aromatic ring is 1. The molecule has 0 unspecified atom stereocenters. The number of fused-ring (bicyclic) bond motifs is 1. The second kappa shape index (κ2) is 4.17. The van der Waals surface area contributed by atoms with Gasteiger partial charge in [0.05, 0.1) is 16.1 Å². The summed E-state index contributed by atoms with van der Waals surface area (Å²) in [7, 11) is 0. The number of hydrogen-bond donors (Lipinski definition) is 2. The molecule has 0 aliphatic rings. The van der Waals surface area contributed by atoms with Crippen LogP contribution in [0, 0.1) is 0 Å². The van der Waals surface area contributed by atoms with Crippen molar-refractivity contribution in [2.45, 2.75) is 25.8 Å². The smallest absolute Gasteiger partial charge is 0.219 e. The van der Waals surface area contributed by atoms with E-state index in [1.54, 1.807) is 10.6 Å². The Morgan fingerprint density at radius 1 is 1.50 bits per heavy atom. The highest BCUT2D eigenvalue weighted by molar-refractivity contribution is 6.35. The number of aromatic nitrogens is 2. The van der Waals surface area contributed by atoms with Gasteiger partial charge in [0.1, 0.15) is 5.52 Å². The van der Waals surface area contributed by atoms with Crippen LogP contribution in [0.3, 0.4) is 0 Å². The van der Waals surface area contributed by atoms with Crippen LogP contribution in [0.15, 0.2) is 18.2 Å². The Balaban J connectivity index is 2.67. The third-order valence-corrected chi connectivity index (χ3v) is 3.18. The quantitative estimate of drug-likeness (QED) is 0.889. The predicted molar refractivity (Wildman–Crippen MR) is 72.3 cm³/mol. The second-order valence-electron chi connectivity index (χ2n) is 4.87. The summed E-state index contributed by atoms with van der Waals surface area (Å²) in [5.74, 6) is -0.0624. The number of carbonyl (C=O) groups excluding carboxylic acids is 1. The van der Waals surface area contributed by atoms with Crippen LogP contribution in [0.4, 0.5) is 5.95 Å². The van der Waals surface area contributed by atoms with Gasteiger partial charge in [0.15, 0.2) is 0 Å². The summed E-state index contributed by atoms with van der Waals surface area (Å²) in [6.45, 7) is 3.77. The van der Waals surface area contributed by atoms with Crippen molar-refractivity contribution in [2.24, 2.45) is 5.73 Å². The number of amides is 1. The third-order valence-electron chi connectivity index (χ3n) is 2.87. The minimum absolute atomic E-state index is 0.176. The van der Waals surface area contributed by atoms with Crippen LogP contribution in [0.25, 0.3) is 11.0 Å². The van der Waals surface area contributed by atoms with Crippen LogP contribution in [0.1, 0.15) is 20.3 Å². The second-order valence-corrected chi connectivity index (χ2v) is 5.28. The van der Waals surface area contributed by atoms with Crippen molar-refractivity contribution in [3.63, 3.8) is 0 Å². The van der Waals surface area contributed by atoms with Crippen LogP contribution in [-0.4, -0.2) is 15.5 Å². The SMILES string of the molecule is CC(C)(CC(N)=O)n1c(N)nc2c(Cl)cccc21. The van der Waals surface area contributed by atoms with Gasteiger partial charge in [0.2, 0.25) is 11.9 Å². The molecular formula is C12H15ClN4O. The third kappa shape index (κ3) is 2.01. The van der Waals surface area contributed by atoms with Gasteiger partial charge in [-0.1, -0.05) is 17.7 Å². The molecule has 0 saturated carbocycles. The molecule has 4 N–H and O–H groups in total. The molecule has 1 aromatic carbocycles. The lowest BCUT2D eigenvalue weighted by atomic mass is 9.99. The maximum Gasteiger partial charge on any atom is 0.219 e. The number of nitrogens with two attached hydrogens (primary N) is 2. The van der Waals surface area contributed by atoms with Crippen molar-refractivity contribution in [1.82, 2.24) is 9.55 Å². The molecule has 5 nitrogen and oxygen atoms in total. The number of benzene rings is 1. The predicted octanol–water partition coefficient (Wildman–Crippen LogP) is 1.88. The molecule has 0 saturated heterocycles. The van der Waals surface area contributed by atoms with Crippen LogP contribution in [0.2, 0.25) is 5.02 Å². The molecule has 2 rings (SSSR count). The normalized spacial score (nSPS) is 11.9. The first-order chi connectivity index (χ1) is 8.33. The van der Waals surface area contributed by atoms with Gasteiger partial charge in [-0.3, -0.25) is 4.79 Å². The number of carbonyl (C=O) groups is 1. The molecule has 2 aromatic rings. The molecule has 0 spiro atoms. The summed E-state index contributed by atoms with van der Waals surface area (Å²) < 4.78 is 1.79. The number of anilines is 1. The zero-order valence-corrected chi connectivity index (χ0v) is 11.0. The Hall–Kier alpha value is -1.75. The first kappa shape index (κ1) is 12.7. The van der Waals surface area contributed by atoms with Crippen LogP contribution in [-0.2, 0) is 10.3 Å². The summed E-state index contributed by atoms with van der Waals surface area (Å²) in [6.07, 6.45) is 0.176. The largest absolute Gasteiger partial charge is 0.370 e. The Morgan fingerprint density at radius 3 is 2.78 bits per heavy atom. The highest BCUT2D eigenvalue weighted by Gasteiger charge is 2.27. The molecule has 0 fully saturated rings. The fourth-order valence-corrected chi connectivity index (χ4v) is 2.44. The van der Waals surface area contributed by atoms with E-state index in [0.29, 0.717) is 16.5 Å². The van der Waals surface area contributed by atoms with E-state index in [4.69, 9.17) is 23.1 Å². The van der Waals surface area contributed by atoms with E-state index in [1.807, 2.05) is 26.0 Å². The summed E-state index contributed by atoms with van der Waals surface area (Å²) in [4.78, 5) is 15.4. The van der Waals surface area contributed by atoms with Gasteiger partial charge in [0, 0.05) is 6.42 Å². The minimum atomic E-state index is -0.546. The Labute approximate surface area is 110 Å². The molecule has 0 bridgehead atoms. The first-order valence-electron chi connectivity index (χ1n) is 5.54. The number of primary amides is 1. The van der Waals surface area contributed by atoms with Crippen molar-refractivity contribution in [1.29, 1.82) is 0 Å². The maximum absolute atomic E-state index is 11.1. The van der Waals surface area contributed by atoms with E-state index >= 15 is 0 Å². The number of imidazole rings is 1. The first-order valence-corrected chi connectivity index (χ1v) is 5.92. The number of para-hydroxylation sites is 1. The summed E-state index contributed by atoms with van der Waals surface area (Å²) >= 11 is 6.08. The average molecular weight is 267 g/mol.